The number of nitrogens with zero attached hydrogens (tertiary/aromatic N) is 1. The van der Waals surface area contributed by atoms with Crippen LogP contribution in [0.4, 0.5) is 0 Å². The molecule has 0 amide bonds. The molecule has 0 N–H and O–H groups in total. The van der Waals surface area contributed by atoms with Gasteiger partial charge in [-0.2, -0.15) is 0 Å². The van der Waals surface area contributed by atoms with E-state index in [1.54, 1.807) is 0 Å². The van der Waals surface area contributed by atoms with Crippen LogP contribution in [0, 0.1) is 6.92 Å². The number of aromatic nitrogens is 1. The minimum Gasteiger partial charge on any atom is -0.253 e. The quantitative estimate of drug-likeness (QED) is 0.723. The van der Waals surface area contributed by atoms with Gasteiger partial charge in [-0.05, 0) is 42.0 Å². The van der Waals surface area contributed by atoms with Crippen LogP contribution < -0.4 is 0 Å². The number of aryl methyl sites for hydroxylation is 1. The van der Waals surface area contributed by atoms with Crippen molar-refractivity contribution in [3.8, 4) is 11.3 Å². The molecule has 0 aliphatic rings. The van der Waals surface area contributed by atoms with Crippen molar-refractivity contribution in [3.05, 3.63) is 53.2 Å². The van der Waals surface area contributed by atoms with Gasteiger partial charge in [0.05, 0.1) is 5.69 Å². The van der Waals surface area contributed by atoms with Crippen molar-refractivity contribution in [2.75, 3.05) is 0 Å². The average molecular weight is 253 g/mol. The van der Waals surface area contributed by atoms with Crippen molar-refractivity contribution in [2.24, 2.45) is 0 Å². The van der Waals surface area contributed by atoms with Gasteiger partial charge >= 0.3 is 0 Å². The Bertz CT molecular complexity index is 541. The summed E-state index contributed by atoms with van der Waals surface area (Å²) in [5.74, 6) is 1.02. The molecule has 0 aliphatic carbocycles. The first-order chi connectivity index (χ1) is 9.00. The van der Waals surface area contributed by atoms with E-state index in [2.05, 4.69) is 71.0 Å². The van der Waals surface area contributed by atoms with Crippen LogP contribution in [0.15, 0.2) is 36.4 Å². The van der Waals surface area contributed by atoms with Crippen molar-refractivity contribution in [1.82, 2.24) is 4.98 Å². The molecule has 19 heavy (non-hydrogen) atoms. The van der Waals surface area contributed by atoms with E-state index in [4.69, 9.17) is 4.98 Å². The maximum absolute atomic E-state index is 4.73. The second kappa shape index (κ2) is 5.56. The van der Waals surface area contributed by atoms with E-state index in [0.29, 0.717) is 11.8 Å². The van der Waals surface area contributed by atoms with Crippen LogP contribution in [-0.2, 0) is 0 Å². The summed E-state index contributed by atoms with van der Waals surface area (Å²) in [7, 11) is 0. The van der Waals surface area contributed by atoms with Crippen molar-refractivity contribution >= 4 is 0 Å². The van der Waals surface area contributed by atoms with Gasteiger partial charge in [0.2, 0.25) is 0 Å². The highest BCUT2D eigenvalue weighted by Crippen LogP contribution is 2.35. The second-order valence-electron chi connectivity index (χ2n) is 5.79. The van der Waals surface area contributed by atoms with Crippen molar-refractivity contribution in [2.45, 2.75) is 46.5 Å². The van der Waals surface area contributed by atoms with E-state index in [9.17, 15) is 0 Å². The summed E-state index contributed by atoms with van der Waals surface area (Å²) < 4.78 is 0. The van der Waals surface area contributed by atoms with Crippen LogP contribution in [0.1, 0.15) is 56.4 Å². The first kappa shape index (κ1) is 13.8. The third-order valence-electron chi connectivity index (χ3n) is 3.52. The Hall–Kier alpha value is -1.63. The molecule has 0 radical (unpaired) electrons. The summed E-state index contributed by atoms with van der Waals surface area (Å²) in [4.78, 5) is 4.73. The lowest BCUT2D eigenvalue weighted by Crippen LogP contribution is -2.01. The zero-order chi connectivity index (χ0) is 14.0. The van der Waals surface area contributed by atoms with Gasteiger partial charge in [0, 0.05) is 11.3 Å². The van der Waals surface area contributed by atoms with Gasteiger partial charge in [-0.3, -0.25) is 4.98 Å². The molecule has 0 unspecified atom stereocenters. The van der Waals surface area contributed by atoms with E-state index in [-0.39, 0.29) is 0 Å². The van der Waals surface area contributed by atoms with E-state index in [1.165, 1.54) is 16.7 Å². The predicted molar refractivity (Wildman–Crippen MR) is 82.6 cm³/mol. The molecular formula is C18H23N. The fraction of sp³-hybridized carbons (Fsp3) is 0.389. The number of hydrogen-bond donors (Lipinski definition) is 0. The number of benzene rings is 1. The Balaban J connectivity index is 2.71. The van der Waals surface area contributed by atoms with Crippen LogP contribution in [0.5, 0.6) is 0 Å². The first-order valence-corrected chi connectivity index (χ1v) is 7.07. The third-order valence-corrected chi connectivity index (χ3v) is 3.52. The highest BCUT2D eigenvalue weighted by atomic mass is 14.7. The van der Waals surface area contributed by atoms with Gasteiger partial charge in [-0.25, -0.2) is 0 Å². The lowest BCUT2D eigenvalue weighted by molar-refractivity contribution is 0.836. The van der Waals surface area contributed by atoms with Crippen molar-refractivity contribution < 1.29 is 0 Å². The fourth-order valence-electron chi connectivity index (χ4n) is 2.53. The second-order valence-corrected chi connectivity index (χ2v) is 5.79. The minimum atomic E-state index is 0.510. The van der Waals surface area contributed by atoms with Gasteiger partial charge < -0.3 is 0 Å². The smallest absolute Gasteiger partial charge is 0.0710 e. The highest BCUT2D eigenvalue weighted by molar-refractivity contribution is 5.69. The molecule has 2 aromatic rings. The van der Waals surface area contributed by atoms with Crippen LogP contribution in [0.25, 0.3) is 11.3 Å². The summed E-state index contributed by atoms with van der Waals surface area (Å²) in [6.07, 6.45) is 0. The molecule has 0 fully saturated rings. The Labute approximate surface area is 116 Å². The molecule has 1 nitrogen and oxygen atoms in total. The van der Waals surface area contributed by atoms with E-state index in [0.717, 1.165) is 11.4 Å². The molecular weight excluding hydrogens is 230 g/mol. The normalized spacial score (nSPS) is 11.3. The maximum atomic E-state index is 4.73. The zero-order valence-electron chi connectivity index (χ0n) is 12.6. The lowest BCUT2D eigenvalue weighted by atomic mass is 9.87. The molecule has 1 heterocycles. The number of hydrogen-bond acceptors (Lipinski definition) is 1. The van der Waals surface area contributed by atoms with Gasteiger partial charge in [0.25, 0.3) is 0 Å². The molecule has 0 spiro atoms. The topological polar surface area (TPSA) is 12.9 Å². The van der Waals surface area contributed by atoms with Crippen LogP contribution in [0.3, 0.4) is 0 Å². The standard InChI is InChI=1S/C18H23N/c1-12(2)15-9-7-10-16(13(3)4)18(15)17-11-6-8-14(5)19-17/h6-13H,1-5H3. The SMILES string of the molecule is Cc1cccc(-c2c(C(C)C)cccc2C(C)C)n1. The molecule has 0 atom stereocenters. The molecule has 2 rings (SSSR count). The Morgan fingerprint density at radius 3 is 1.79 bits per heavy atom. The Morgan fingerprint density at radius 1 is 0.789 bits per heavy atom. The largest absolute Gasteiger partial charge is 0.253 e. The molecule has 0 bridgehead atoms. The highest BCUT2D eigenvalue weighted by Gasteiger charge is 2.16. The fourth-order valence-corrected chi connectivity index (χ4v) is 2.53. The Kier molecular flexibility index (Phi) is 4.04. The summed E-state index contributed by atoms with van der Waals surface area (Å²) in [6.45, 7) is 11.0. The Morgan fingerprint density at radius 2 is 1.32 bits per heavy atom. The minimum absolute atomic E-state index is 0.510. The van der Waals surface area contributed by atoms with E-state index in [1.807, 2.05) is 0 Å². The number of pyridine rings is 1. The summed E-state index contributed by atoms with van der Waals surface area (Å²) in [5.41, 5.74) is 6.29. The van der Waals surface area contributed by atoms with E-state index < -0.39 is 0 Å². The zero-order valence-corrected chi connectivity index (χ0v) is 12.6. The third kappa shape index (κ3) is 2.86. The summed E-state index contributed by atoms with van der Waals surface area (Å²) in [6, 6.07) is 12.9. The van der Waals surface area contributed by atoms with Gasteiger partial charge in [0.1, 0.15) is 0 Å². The molecule has 1 aromatic heterocycles. The maximum Gasteiger partial charge on any atom is 0.0710 e. The van der Waals surface area contributed by atoms with Crippen molar-refractivity contribution in [3.63, 3.8) is 0 Å². The molecule has 0 saturated heterocycles. The predicted octanol–water partition coefficient (Wildman–Crippen LogP) is 5.30. The summed E-state index contributed by atoms with van der Waals surface area (Å²) in [5, 5.41) is 0. The van der Waals surface area contributed by atoms with Gasteiger partial charge in [-0.1, -0.05) is 52.0 Å². The monoisotopic (exact) mass is 253 g/mol. The van der Waals surface area contributed by atoms with Gasteiger partial charge in [-0.15, -0.1) is 0 Å². The number of rotatable bonds is 3. The molecule has 1 aromatic carbocycles. The van der Waals surface area contributed by atoms with Crippen LogP contribution >= 0.6 is 0 Å². The molecule has 100 valence electrons. The van der Waals surface area contributed by atoms with Crippen LogP contribution in [0.2, 0.25) is 0 Å². The first-order valence-electron chi connectivity index (χ1n) is 7.07. The molecule has 1 heteroatoms. The molecule has 0 saturated carbocycles. The average Bonchev–Trinajstić information content (AvgIpc) is 2.37. The molecule has 0 aliphatic heterocycles. The summed E-state index contributed by atoms with van der Waals surface area (Å²) >= 11 is 0. The lowest BCUT2D eigenvalue weighted by Gasteiger charge is -2.19. The van der Waals surface area contributed by atoms with Gasteiger partial charge in [0.15, 0.2) is 0 Å². The van der Waals surface area contributed by atoms with Crippen molar-refractivity contribution in [1.29, 1.82) is 0 Å². The van der Waals surface area contributed by atoms with E-state index >= 15 is 0 Å². The van der Waals surface area contributed by atoms with Crippen LogP contribution in [-0.4, -0.2) is 4.98 Å².